The van der Waals surface area contributed by atoms with Crippen LogP contribution in [0, 0.1) is 0 Å². The summed E-state index contributed by atoms with van der Waals surface area (Å²) >= 11 is 3.46. The van der Waals surface area contributed by atoms with Crippen LogP contribution in [0.3, 0.4) is 0 Å². The number of hydrogen-bond acceptors (Lipinski definition) is 5. The topological polar surface area (TPSA) is 48.1 Å². The number of rotatable bonds is 5. The van der Waals surface area contributed by atoms with Crippen LogP contribution in [-0.4, -0.2) is 12.1 Å². The second kappa shape index (κ2) is 6.47. The van der Waals surface area contributed by atoms with Crippen molar-refractivity contribution in [2.45, 2.75) is 16.6 Å². The van der Waals surface area contributed by atoms with Crippen molar-refractivity contribution >= 4 is 33.3 Å². The Labute approximate surface area is 132 Å². The van der Waals surface area contributed by atoms with Crippen LogP contribution < -0.4 is 10.5 Å². The van der Waals surface area contributed by atoms with Crippen molar-refractivity contribution in [2.24, 2.45) is 5.73 Å². The number of nitrogens with two attached hydrogens (primary N) is 1. The molecule has 0 aliphatic rings. The molecule has 3 aromatic rings. The van der Waals surface area contributed by atoms with E-state index in [1.54, 1.807) is 30.2 Å². The molecular formula is C16H16N2OS2. The molecule has 0 spiro atoms. The Morgan fingerprint density at radius 1 is 1.24 bits per heavy atom. The first kappa shape index (κ1) is 14.4. The van der Waals surface area contributed by atoms with E-state index in [0.717, 1.165) is 32.5 Å². The largest absolute Gasteiger partial charge is 0.496 e. The van der Waals surface area contributed by atoms with Crippen LogP contribution in [0.25, 0.3) is 10.2 Å². The van der Waals surface area contributed by atoms with Crippen molar-refractivity contribution < 1.29 is 4.74 Å². The van der Waals surface area contributed by atoms with Crippen LogP contribution in [0.2, 0.25) is 0 Å². The summed E-state index contributed by atoms with van der Waals surface area (Å²) < 4.78 is 7.73. The van der Waals surface area contributed by atoms with E-state index < -0.39 is 0 Å². The molecule has 21 heavy (non-hydrogen) atoms. The standard InChI is InChI=1S/C16H16N2OS2/c1-19-14-7-6-11(9-17)8-12(14)10-20-16-18-13-4-2-3-5-15(13)21-16/h2-8H,9-10,17H2,1H3. The Morgan fingerprint density at radius 2 is 2.10 bits per heavy atom. The number of thioether (sulfide) groups is 1. The summed E-state index contributed by atoms with van der Waals surface area (Å²) in [7, 11) is 1.70. The summed E-state index contributed by atoms with van der Waals surface area (Å²) in [4.78, 5) is 4.64. The number of benzene rings is 2. The number of nitrogens with zero attached hydrogens (tertiary/aromatic N) is 1. The molecule has 0 radical (unpaired) electrons. The molecule has 1 aromatic heterocycles. The van der Waals surface area contributed by atoms with Crippen LogP contribution in [0.4, 0.5) is 0 Å². The molecule has 0 aliphatic carbocycles. The van der Waals surface area contributed by atoms with E-state index in [9.17, 15) is 0 Å². The minimum Gasteiger partial charge on any atom is -0.496 e. The Hall–Kier alpha value is -1.56. The van der Waals surface area contributed by atoms with Gasteiger partial charge < -0.3 is 10.5 Å². The second-order valence-corrected chi connectivity index (χ2v) is 6.84. The number of fused-ring (bicyclic) bond motifs is 1. The molecule has 1 heterocycles. The Balaban J connectivity index is 1.80. The molecule has 2 aromatic carbocycles. The highest BCUT2D eigenvalue weighted by Crippen LogP contribution is 2.33. The Kier molecular flexibility index (Phi) is 4.43. The Bertz CT molecular complexity index is 722. The van der Waals surface area contributed by atoms with E-state index in [-0.39, 0.29) is 0 Å². The van der Waals surface area contributed by atoms with Gasteiger partial charge in [-0.15, -0.1) is 11.3 Å². The number of para-hydroxylation sites is 1. The summed E-state index contributed by atoms with van der Waals surface area (Å²) in [5.41, 5.74) is 9.05. The summed E-state index contributed by atoms with van der Waals surface area (Å²) in [6.45, 7) is 0.544. The van der Waals surface area contributed by atoms with Crippen molar-refractivity contribution in [3.8, 4) is 5.75 Å². The number of ether oxygens (including phenoxy) is 1. The minimum atomic E-state index is 0.544. The number of thiazole rings is 1. The van der Waals surface area contributed by atoms with Crippen LogP contribution in [0.15, 0.2) is 46.8 Å². The smallest absolute Gasteiger partial charge is 0.151 e. The van der Waals surface area contributed by atoms with Gasteiger partial charge in [0.2, 0.25) is 0 Å². The first-order valence-electron chi connectivity index (χ1n) is 6.64. The molecular weight excluding hydrogens is 300 g/mol. The molecule has 3 nitrogen and oxygen atoms in total. The van der Waals surface area contributed by atoms with Crippen molar-refractivity contribution in [3.05, 3.63) is 53.6 Å². The van der Waals surface area contributed by atoms with E-state index in [4.69, 9.17) is 10.5 Å². The lowest BCUT2D eigenvalue weighted by atomic mass is 10.1. The highest BCUT2D eigenvalue weighted by atomic mass is 32.2. The van der Waals surface area contributed by atoms with Gasteiger partial charge in [-0.05, 0) is 29.8 Å². The Morgan fingerprint density at radius 3 is 2.86 bits per heavy atom. The second-order valence-electron chi connectivity index (χ2n) is 4.59. The van der Waals surface area contributed by atoms with Gasteiger partial charge in [-0.1, -0.05) is 30.0 Å². The van der Waals surface area contributed by atoms with Crippen LogP contribution >= 0.6 is 23.1 Å². The van der Waals surface area contributed by atoms with Gasteiger partial charge in [-0.25, -0.2) is 4.98 Å². The third kappa shape index (κ3) is 3.20. The minimum absolute atomic E-state index is 0.544. The quantitative estimate of drug-likeness (QED) is 0.721. The summed E-state index contributed by atoms with van der Waals surface area (Å²) in [6, 6.07) is 14.3. The number of hydrogen-bond donors (Lipinski definition) is 1. The molecule has 0 amide bonds. The third-order valence-electron chi connectivity index (χ3n) is 3.21. The average Bonchev–Trinajstić information content (AvgIpc) is 2.95. The molecule has 5 heteroatoms. The lowest BCUT2D eigenvalue weighted by Crippen LogP contribution is -1.98. The van der Waals surface area contributed by atoms with Crippen molar-refractivity contribution in [3.63, 3.8) is 0 Å². The maximum atomic E-state index is 5.71. The molecule has 0 fully saturated rings. The molecule has 0 saturated carbocycles. The molecule has 108 valence electrons. The normalized spacial score (nSPS) is 11.0. The molecule has 0 unspecified atom stereocenters. The SMILES string of the molecule is COc1ccc(CN)cc1CSc1nc2ccccc2s1. The molecule has 2 N–H and O–H groups in total. The van der Waals surface area contributed by atoms with E-state index >= 15 is 0 Å². The lowest BCUT2D eigenvalue weighted by Gasteiger charge is -2.09. The van der Waals surface area contributed by atoms with Gasteiger partial charge in [0.25, 0.3) is 0 Å². The van der Waals surface area contributed by atoms with Gasteiger partial charge >= 0.3 is 0 Å². The van der Waals surface area contributed by atoms with Crippen molar-refractivity contribution in [2.75, 3.05) is 7.11 Å². The molecule has 0 saturated heterocycles. The van der Waals surface area contributed by atoms with E-state index in [2.05, 4.69) is 17.1 Å². The predicted molar refractivity (Wildman–Crippen MR) is 90.1 cm³/mol. The fraction of sp³-hybridized carbons (Fsp3) is 0.188. The zero-order chi connectivity index (χ0) is 14.7. The van der Waals surface area contributed by atoms with Gasteiger partial charge in [-0.2, -0.15) is 0 Å². The van der Waals surface area contributed by atoms with Crippen molar-refractivity contribution in [1.82, 2.24) is 4.98 Å². The van der Waals surface area contributed by atoms with Crippen molar-refractivity contribution in [1.29, 1.82) is 0 Å². The summed E-state index contributed by atoms with van der Waals surface area (Å²) in [5, 5.41) is 0. The van der Waals surface area contributed by atoms with E-state index in [0.29, 0.717) is 6.54 Å². The van der Waals surface area contributed by atoms with E-state index in [1.807, 2.05) is 30.3 Å². The zero-order valence-electron chi connectivity index (χ0n) is 11.7. The fourth-order valence-corrected chi connectivity index (χ4v) is 4.17. The van der Waals surface area contributed by atoms with E-state index in [1.165, 1.54) is 4.70 Å². The fourth-order valence-electron chi connectivity index (χ4n) is 2.12. The van der Waals surface area contributed by atoms with Gasteiger partial charge in [0.15, 0.2) is 4.34 Å². The first-order valence-corrected chi connectivity index (χ1v) is 8.44. The zero-order valence-corrected chi connectivity index (χ0v) is 13.3. The summed E-state index contributed by atoms with van der Waals surface area (Å²) in [6.07, 6.45) is 0. The van der Waals surface area contributed by atoms with Crippen LogP contribution in [0.1, 0.15) is 11.1 Å². The molecule has 3 rings (SSSR count). The van der Waals surface area contributed by atoms with Gasteiger partial charge in [0.1, 0.15) is 5.75 Å². The maximum absolute atomic E-state index is 5.71. The monoisotopic (exact) mass is 316 g/mol. The number of methoxy groups -OCH3 is 1. The summed E-state index contributed by atoms with van der Waals surface area (Å²) in [5.74, 6) is 1.73. The first-order chi connectivity index (χ1) is 10.3. The maximum Gasteiger partial charge on any atom is 0.151 e. The van der Waals surface area contributed by atoms with Crippen LogP contribution in [0.5, 0.6) is 5.75 Å². The van der Waals surface area contributed by atoms with Gasteiger partial charge in [-0.3, -0.25) is 0 Å². The van der Waals surface area contributed by atoms with Gasteiger partial charge in [0.05, 0.1) is 17.3 Å². The van der Waals surface area contributed by atoms with Crippen LogP contribution in [-0.2, 0) is 12.3 Å². The van der Waals surface area contributed by atoms with Gasteiger partial charge in [0, 0.05) is 17.9 Å². The highest BCUT2D eigenvalue weighted by molar-refractivity contribution is 8.00. The number of aromatic nitrogens is 1. The highest BCUT2D eigenvalue weighted by Gasteiger charge is 2.08. The predicted octanol–water partition coefficient (Wildman–Crippen LogP) is 4.06. The molecule has 0 aliphatic heterocycles. The lowest BCUT2D eigenvalue weighted by molar-refractivity contribution is 0.411. The molecule has 0 bridgehead atoms. The third-order valence-corrected chi connectivity index (χ3v) is 5.43. The molecule has 0 atom stereocenters. The average molecular weight is 316 g/mol.